The SMILES string of the molecule is CO[N+]1(OC)CCC[SiH]1[Si](C)(C)OC. The molecule has 0 N–H and O–H groups in total. The highest BCUT2D eigenvalue weighted by molar-refractivity contribution is 7.26. The lowest BCUT2D eigenvalue weighted by atomic mass is 10.5. The van der Waals surface area contributed by atoms with Crippen LogP contribution in [-0.2, 0) is 14.1 Å². The zero-order valence-corrected chi connectivity index (χ0v) is 12.0. The largest absolute Gasteiger partial charge is 0.416 e. The first-order chi connectivity index (χ1) is 6.52. The third-order valence-electron chi connectivity index (χ3n) is 3.37. The van der Waals surface area contributed by atoms with Gasteiger partial charge in [-0.1, -0.05) is 4.48 Å². The smallest absolute Gasteiger partial charge is 0.347 e. The van der Waals surface area contributed by atoms with Crippen molar-refractivity contribution >= 4 is 16.3 Å². The summed E-state index contributed by atoms with van der Waals surface area (Å²) in [6.07, 6.45) is 1.21. The summed E-state index contributed by atoms with van der Waals surface area (Å²) in [5.74, 6) is 0. The zero-order valence-electron chi connectivity index (χ0n) is 9.87. The molecule has 1 fully saturated rings. The highest BCUT2D eigenvalue weighted by atomic mass is 29.2. The predicted molar refractivity (Wildman–Crippen MR) is 60.2 cm³/mol. The van der Waals surface area contributed by atoms with Gasteiger partial charge in [0.2, 0.25) is 7.83 Å². The van der Waals surface area contributed by atoms with Crippen molar-refractivity contribution in [2.24, 2.45) is 0 Å². The maximum Gasteiger partial charge on any atom is 0.347 e. The molecule has 1 saturated heterocycles. The molecule has 1 unspecified atom stereocenters. The standard InChI is InChI=1S/C8H22NO3Si2/c1-10-9(11-2)7-6-8-13(9)14(4,5)12-3/h13H,6-8H2,1-5H3/q+1. The van der Waals surface area contributed by atoms with Crippen LogP contribution in [0, 0.1) is 0 Å². The Morgan fingerprint density at radius 1 is 1.14 bits per heavy atom. The molecule has 0 amide bonds. The van der Waals surface area contributed by atoms with Crippen LogP contribution in [0.2, 0.25) is 19.1 Å². The number of hydrogen-bond acceptors (Lipinski definition) is 3. The fraction of sp³-hybridized carbons (Fsp3) is 1.00. The summed E-state index contributed by atoms with van der Waals surface area (Å²) in [6.45, 7) is 5.55. The van der Waals surface area contributed by atoms with Gasteiger partial charge in [-0.25, -0.2) is 0 Å². The molecule has 0 aromatic rings. The van der Waals surface area contributed by atoms with Crippen molar-refractivity contribution in [3.63, 3.8) is 0 Å². The normalized spacial score (nSPS) is 26.8. The highest BCUT2D eigenvalue weighted by Crippen LogP contribution is 2.31. The Kier molecular flexibility index (Phi) is 3.90. The van der Waals surface area contributed by atoms with Crippen molar-refractivity contribution in [1.29, 1.82) is 0 Å². The van der Waals surface area contributed by atoms with E-state index >= 15 is 0 Å². The maximum atomic E-state index is 5.71. The molecule has 1 atom stereocenters. The lowest BCUT2D eigenvalue weighted by Gasteiger charge is -2.36. The van der Waals surface area contributed by atoms with E-state index < -0.39 is 16.3 Å². The first kappa shape index (κ1) is 12.3. The van der Waals surface area contributed by atoms with Gasteiger partial charge >= 0.3 is 8.48 Å². The Labute approximate surface area is 88.9 Å². The quantitative estimate of drug-likeness (QED) is 0.681. The number of rotatable bonds is 4. The Balaban J connectivity index is 2.86. The molecule has 0 aliphatic carbocycles. The number of quaternary nitrogens is 1. The van der Waals surface area contributed by atoms with Crippen molar-refractivity contribution < 1.29 is 18.6 Å². The number of hydrogen-bond donors (Lipinski definition) is 0. The van der Waals surface area contributed by atoms with Crippen LogP contribution < -0.4 is 0 Å². The second-order valence-corrected chi connectivity index (χ2v) is 16.5. The zero-order chi connectivity index (χ0) is 10.8. The molecule has 1 rings (SSSR count). The average molecular weight is 236 g/mol. The molecule has 0 spiro atoms. The summed E-state index contributed by atoms with van der Waals surface area (Å²) in [5.41, 5.74) is 0. The summed E-state index contributed by atoms with van der Waals surface area (Å²) in [5, 5.41) is 0. The molecule has 0 aromatic carbocycles. The topological polar surface area (TPSA) is 27.7 Å². The first-order valence-corrected chi connectivity index (χ1v) is 11.1. The van der Waals surface area contributed by atoms with E-state index in [1.807, 2.05) is 7.11 Å². The van der Waals surface area contributed by atoms with E-state index in [4.69, 9.17) is 14.1 Å². The Morgan fingerprint density at radius 2 is 1.71 bits per heavy atom. The second kappa shape index (κ2) is 4.42. The van der Waals surface area contributed by atoms with Crippen molar-refractivity contribution in [1.82, 2.24) is 0 Å². The molecule has 0 radical (unpaired) electrons. The van der Waals surface area contributed by atoms with Crippen LogP contribution in [0.1, 0.15) is 6.42 Å². The summed E-state index contributed by atoms with van der Waals surface area (Å²) in [6, 6.07) is 1.27. The van der Waals surface area contributed by atoms with Gasteiger partial charge < -0.3 is 4.43 Å². The van der Waals surface area contributed by atoms with E-state index in [2.05, 4.69) is 13.1 Å². The predicted octanol–water partition coefficient (Wildman–Crippen LogP) is 0.983. The lowest BCUT2D eigenvalue weighted by Crippen LogP contribution is -2.65. The molecular weight excluding hydrogens is 214 g/mol. The van der Waals surface area contributed by atoms with Crippen LogP contribution in [-0.4, -0.2) is 48.7 Å². The van der Waals surface area contributed by atoms with Crippen molar-refractivity contribution in [3.05, 3.63) is 0 Å². The van der Waals surface area contributed by atoms with E-state index in [0.717, 1.165) is 6.54 Å². The van der Waals surface area contributed by atoms with Crippen molar-refractivity contribution in [3.8, 4) is 0 Å². The molecule has 1 heterocycles. The summed E-state index contributed by atoms with van der Waals surface area (Å²) >= 11 is 0. The van der Waals surface area contributed by atoms with Crippen LogP contribution >= 0.6 is 0 Å². The Bertz CT molecular complexity index is 197. The van der Waals surface area contributed by atoms with Gasteiger partial charge in [-0.2, -0.15) is 9.68 Å². The molecule has 0 bridgehead atoms. The van der Waals surface area contributed by atoms with E-state index in [1.54, 1.807) is 14.2 Å². The van der Waals surface area contributed by atoms with Crippen LogP contribution in [0.3, 0.4) is 0 Å². The Morgan fingerprint density at radius 3 is 2.14 bits per heavy atom. The van der Waals surface area contributed by atoms with E-state index in [0.29, 0.717) is 4.48 Å². The van der Waals surface area contributed by atoms with Crippen molar-refractivity contribution in [2.75, 3.05) is 27.9 Å². The molecular formula is C8H22NO3Si2+. The van der Waals surface area contributed by atoms with Crippen LogP contribution in [0.5, 0.6) is 0 Å². The lowest BCUT2D eigenvalue weighted by molar-refractivity contribution is -1.16. The van der Waals surface area contributed by atoms with Gasteiger partial charge in [0.25, 0.3) is 0 Å². The van der Waals surface area contributed by atoms with Gasteiger partial charge in [0.15, 0.2) is 0 Å². The minimum atomic E-state index is -1.56. The molecule has 4 nitrogen and oxygen atoms in total. The molecule has 6 heteroatoms. The summed E-state index contributed by atoms with van der Waals surface area (Å²) < 4.78 is 6.16. The number of hydroxylamine groups is 2. The van der Waals surface area contributed by atoms with Crippen LogP contribution in [0.25, 0.3) is 0 Å². The molecule has 1 aliphatic rings. The second-order valence-electron chi connectivity index (χ2n) is 4.28. The van der Waals surface area contributed by atoms with E-state index in [-0.39, 0.29) is 0 Å². The fourth-order valence-corrected chi connectivity index (χ4v) is 13.6. The molecule has 0 saturated carbocycles. The summed E-state index contributed by atoms with van der Waals surface area (Å²) in [4.78, 5) is 11.2. The monoisotopic (exact) mass is 236 g/mol. The van der Waals surface area contributed by atoms with Gasteiger partial charge in [0.1, 0.15) is 6.54 Å². The Hall–Kier alpha value is 0.274. The van der Waals surface area contributed by atoms with Gasteiger partial charge in [-0.15, -0.1) is 0 Å². The minimum Gasteiger partial charge on any atom is -0.416 e. The van der Waals surface area contributed by atoms with Gasteiger partial charge in [-0.3, -0.25) is 0 Å². The molecule has 1 aliphatic heterocycles. The fourth-order valence-electron chi connectivity index (χ4n) is 2.33. The third kappa shape index (κ3) is 1.95. The van der Waals surface area contributed by atoms with E-state index in [9.17, 15) is 0 Å². The van der Waals surface area contributed by atoms with Crippen LogP contribution in [0.15, 0.2) is 0 Å². The number of nitrogens with zero attached hydrogens (tertiary/aromatic N) is 1. The maximum absolute atomic E-state index is 5.71. The molecule has 84 valence electrons. The van der Waals surface area contributed by atoms with Crippen LogP contribution in [0.4, 0.5) is 0 Å². The average Bonchev–Trinajstić information content (AvgIpc) is 2.62. The van der Waals surface area contributed by atoms with Gasteiger partial charge in [0, 0.05) is 19.6 Å². The van der Waals surface area contributed by atoms with Gasteiger partial charge in [-0.05, 0) is 13.1 Å². The van der Waals surface area contributed by atoms with Gasteiger partial charge in [0.05, 0.1) is 14.2 Å². The highest BCUT2D eigenvalue weighted by Gasteiger charge is 2.58. The summed E-state index contributed by atoms with van der Waals surface area (Å²) in [7, 11) is 2.63. The first-order valence-electron chi connectivity index (χ1n) is 5.07. The molecule has 14 heavy (non-hydrogen) atoms. The third-order valence-corrected chi connectivity index (χ3v) is 16.2. The minimum absolute atomic E-state index is 0.451. The van der Waals surface area contributed by atoms with Crippen molar-refractivity contribution in [2.45, 2.75) is 25.6 Å². The molecule has 0 aromatic heterocycles. The van der Waals surface area contributed by atoms with E-state index in [1.165, 1.54) is 12.5 Å².